The zero-order valence-corrected chi connectivity index (χ0v) is 19.9. The largest absolute Gasteiger partial charge is 0.481 e. The predicted molar refractivity (Wildman–Crippen MR) is 131 cm³/mol. The van der Waals surface area contributed by atoms with Crippen LogP contribution < -0.4 is 10.6 Å². The first-order chi connectivity index (χ1) is 16.4. The van der Waals surface area contributed by atoms with Gasteiger partial charge in [-0.1, -0.05) is 75.2 Å². The van der Waals surface area contributed by atoms with E-state index in [1.54, 1.807) is 0 Å². The van der Waals surface area contributed by atoms with E-state index in [0.29, 0.717) is 12.8 Å². The minimum atomic E-state index is -0.952. The summed E-state index contributed by atoms with van der Waals surface area (Å²) in [6.45, 7) is 4.09. The Balaban J connectivity index is 1.59. The zero-order chi connectivity index (χ0) is 24.5. The molecule has 0 radical (unpaired) electrons. The molecule has 0 aliphatic heterocycles. The molecule has 0 spiro atoms. The number of benzene rings is 2. The molecule has 0 saturated heterocycles. The lowest BCUT2D eigenvalue weighted by Crippen LogP contribution is -2.42. The Kier molecular flexibility index (Phi) is 9.08. The second-order valence-corrected chi connectivity index (χ2v) is 8.78. The molecule has 2 unspecified atom stereocenters. The highest BCUT2D eigenvalue weighted by atomic mass is 16.5. The number of amides is 2. The van der Waals surface area contributed by atoms with Gasteiger partial charge in [0.25, 0.3) is 0 Å². The molecule has 0 heterocycles. The number of hydrogen-bond donors (Lipinski definition) is 3. The quantitative estimate of drug-likeness (QED) is 0.415. The maximum Gasteiger partial charge on any atom is 0.407 e. The van der Waals surface area contributed by atoms with E-state index in [1.165, 1.54) is 0 Å². The van der Waals surface area contributed by atoms with Crippen LogP contribution in [0, 0.1) is 0 Å². The third-order valence-corrected chi connectivity index (χ3v) is 6.28. The van der Waals surface area contributed by atoms with Gasteiger partial charge in [-0.05, 0) is 35.1 Å². The van der Waals surface area contributed by atoms with E-state index in [4.69, 9.17) is 9.84 Å². The highest BCUT2D eigenvalue weighted by Gasteiger charge is 2.29. The van der Waals surface area contributed by atoms with Gasteiger partial charge in [0, 0.05) is 24.4 Å². The van der Waals surface area contributed by atoms with E-state index in [0.717, 1.165) is 35.1 Å². The smallest absolute Gasteiger partial charge is 0.407 e. The van der Waals surface area contributed by atoms with E-state index in [2.05, 4.69) is 34.9 Å². The van der Waals surface area contributed by atoms with Crippen molar-refractivity contribution >= 4 is 18.0 Å². The van der Waals surface area contributed by atoms with E-state index in [-0.39, 0.29) is 37.3 Å². The van der Waals surface area contributed by atoms with Gasteiger partial charge in [-0.15, -0.1) is 0 Å². The number of fused-ring (bicyclic) bond motifs is 3. The van der Waals surface area contributed by atoms with Gasteiger partial charge in [-0.3, -0.25) is 9.59 Å². The van der Waals surface area contributed by atoms with Crippen LogP contribution in [0.2, 0.25) is 0 Å². The molecule has 7 nitrogen and oxygen atoms in total. The number of hydrogen-bond acceptors (Lipinski definition) is 4. The molecule has 0 aromatic heterocycles. The molecule has 2 amide bonds. The van der Waals surface area contributed by atoms with Crippen molar-refractivity contribution in [1.82, 2.24) is 10.6 Å². The topological polar surface area (TPSA) is 105 Å². The second kappa shape index (κ2) is 12.2. The van der Waals surface area contributed by atoms with Crippen LogP contribution in [0.25, 0.3) is 11.1 Å². The maximum atomic E-state index is 12.7. The number of carboxylic acid groups (broad SMARTS) is 1. The van der Waals surface area contributed by atoms with Crippen molar-refractivity contribution in [2.24, 2.45) is 0 Å². The van der Waals surface area contributed by atoms with Crippen molar-refractivity contribution in [3.05, 3.63) is 59.7 Å². The molecule has 1 aliphatic carbocycles. The highest BCUT2D eigenvalue weighted by molar-refractivity contribution is 5.80. The summed E-state index contributed by atoms with van der Waals surface area (Å²) < 4.78 is 5.63. The summed E-state index contributed by atoms with van der Waals surface area (Å²) in [5, 5.41) is 14.6. The Morgan fingerprint density at radius 1 is 0.912 bits per heavy atom. The summed E-state index contributed by atoms with van der Waals surface area (Å²) in [6.07, 6.45) is 2.37. The number of aliphatic carboxylic acids is 1. The highest BCUT2D eigenvalue weighted by Crippen LogP contribution is 2.44. The normalized spacial score (nSPS) is 13.9. The van der Waals surface area contributed by atoms with Gasteiger partial charge in [-0.2, -0.15) is 0 Å². The molecule has 7 heteroatoms. The van der Waals surface area contributed by atoms with Crippen molar-refractivity contribution in [3.63, 3.8) is 0 Å². The predicted octanol–water partition coefficient (Wildman–Crippen LogP) is 4.84. The Bertz CT molecular complexity index is 961. The lowest BCUT2D eigenvalue weighted by molar-refractivity contribution is -0.137. The number of unbranched alkanes of at least 4 members (excludes halogenated alkanes) is 1. The van der Waals surface area contributed by atoms with E-state index in [1.807, 2.05) is 38.1 Å². The Morgan fingerprint density at radius 3 is 2.09 bits per heavy atom. The van der Waals surface area contributed by atoms with Crippen LogP contribution in [0.3, 0.4) is 0 Å². The number of nitrogens with one attached hydrogen (secondary N) is 2. The molecular weight excluding hydrogens is 432 g/mol. The van der Waals surface area contributed by atoms with Crippen LogP contribution in [-0.4, -0.2) is 41.8 Å². The maximum absolute atomic E-state index is 12.7. The van der Waals surface area contributed by atoms with Gasteiger partial charge < -0.3 is 20.5 Å². The Hall–Kier alpha value is -3.35. The standard InChI is InChI=1S/C27H34N2O5/c1-3-5-10-19(15-25(30)28-18(4-2)16-26(31)32)29-27(33)34-17-24-22-13-8-6-11-20(22)21-12-7-9-14-23(21)24/h6-9,11-14,18-19,24H,3-5,10,15-17H2,1-2H3,(H,28,30)(H,29,33)(H,31,32). The number of rotatable bonds is 12. The molecule has 2 atom stereocenters. The third-order valence-electron chi connectivity index (χ3n) is 6.28. The molecule has 0 fully saturated rings. The minimum absolute atomic E-state index is 0.0307. The summed E-state index contributed by atoms with van der Waals surface area (Å²) in [7, 11) is 0. The van der Waals surface area contributed by atoms with E-state index in [9.17, 15) is 14.4 Å². The van der Waals surface area contributed by atoms with Gasteiger partial charge in [0.15, 0.2) is 0 Å². The molecule has 2 aromatic rings. The van der Waals surface area contributed by atoms with Crippen LogP contribution in [0.5, 0.6) is 0 Å². The van der Waals surface area contributed by atoms with Gasteiger partial charge in [0.2, 0.25) is 5.91 Å². The fourth-order valence-corrected chi connectivity index (χ4v) is 4.50. The number of alkyl carbamates (subject to hydrolysis) is 1. The fourth-order valence-electron chi connectivity index (χ4n) is 4.50. The van der Waals surface area contributed by atoms with E-state index < -0.39 is 18.1 Å². The average molecular weight is 467 g/mol. The second-order valence-electron chi connectivity index (χ2n) is 8.78. The van der Waals surface area contributed by atoms with E-state index >= 15 is 0 Å². The number of carbonyl (C=O) groups excluding carboxylic acids is 2. The average Bonchev–Trinajstić information content (AvgIpc) is 3.14. The van der Waals surface area contributed by atoms with Crippen LogP contribution >= 0.6 is 0 Å². The monoisotopic (exact) mass is 466 g/mol. The molecule has 0 bridgehead atoms. The van der Waals surface area contributed by atoms with Gasteiger partial charge >= 0.3 is 12.1 Å². The summed E-state index contributed by atoms with van der Waals surface area (Å²) >= 11 is 0. The van der Waals surface area contributed by atoms with Crippen molar-refractivity contribution in [2.75, 3.05) is 6.61 Å². The van der Waals surface area contributed by atoms with Gasteiger partial charge in [0.05, 0.1) is 6.42 Å². The molecule has 1 aliphatic rings. The van der Waals surface area contributed by atoms with Crippen LogP contribution in [-0.2, 0) is 14.3 Å². The lowest BCUT2D eigenvalue weighted by Gasteiger charge is -2.21. The first kappa shape index (κ1) is 25.3. The molecule has 3 rings (SSSR count). The summed E-state index contributed by atoms with van der Waals surface area (Å²) in [6, 6.07) is 15.5. The molecular formula is C27H34N2O5. The Labute approximate surface area is 200 Å². The number of carboxylic acids is 1. The summed E-state index contributed by atoms with van der Waals surface area (Å²) in [5.74, 6) is -1.25. The first-order valence-electron chi connectivity index (χ1n) is 12.1. The summed E-state index contributed by atoms with van der Waals surface area (Å²) in [4.78, 5) is 36.1. The van der Waals surface area contributed by atoms with Crippen molar-refractivity contribution < 1.29 is 24.2 Å². The molecule has 2 aromatic carbocycles. The number of carbonyl (C=O) groups is 3. The minimum Gasteiger partial charge on any atom is -0.481 e. The molecule has 0 saturated carbocycles. The molecule has 182 valence electrons. The summed E-state index contributed by atoms with van der Waals surface area (Å²) in [5.41, 5.74) is 4.61. The molecule has 3 N–H and O–H groups in total. The van der Waals surface area contributed by atoms with Crippen molar-refractivity contribution in [3.8, 4) is 11.1 Å². The fraction of sp³-hybridized carbons (Fsp3) is 0.444. The van der Waals surface area contributed by atoms with Crippen molar-refractivity contribution in [1.29, 1.82) is 0 Å². The van der Waals surface area contributed by atoms with Crippen LogP contribution in [0.1, 0.15) is 69.4 Å². The van der Waals surface area contributed by atoms with Crippen LogP contribution in [0.4, 0.5) is 4.79 Å². The lowest BCUT2D eigenvalue weighted by atomic mass is 9.98. The third kappa shape index (κ3) is 6.59. The zero-order valence-electron chi connectivity index (χ0n) is 19.9. The van der Waals surface area contributed by atoms with Crippen LogP contribution in [0.15, 0.2) is 48.5 Å². The van der Waals surface area contributed by atoms with Crippen molar-refractivity contribution in [2.45, 2.75) is 70.4 Å². The van der Waals surface area contributed by atoms with Gasteiger partial charge in [0.1, 0.15) is 6.61 Å². The molecule has 34 heavy (non-hydrogen) atoms. The van der Waals surface area contributed by atoms with Gasteiger partial charge in [-0.25, -0.2) is 4.79 Å². The first-order valence-corrected chi connectivity index (χ1v) is 12.1. The number of ether oxygens (including phenoxy) is 1. The Morgan fingerprint density at radius 2 is 1.53 bits per heavy atom. The SMILES string of the molecule is CCCCC(CC(=O)NC(CC)CC(=O)O)NC(=O)OCC1c2ccccc2-c2ccccc21.